The second kappa shape index (κ2) is 10.2. The average Bonchev–Trinajstić information content (AvgIpc) is 3.33. The van der Waals surface area contributed by atoms with Gasteiger partial charge in [0.05, 0.1) is 5.69 Å². The molecular weight excluding hydrogens is 450 g/mol. The van der Waals surface area contributed by atoms with Crippen LogP contribution < -0.4 is 0 Å². The van der Waals surface area contributed by atoms with E-state index in [1.165, 1.54) is 33.4 Å². The van der Waals surface area contributed by atoms with Gasteiger partial charge in [0, 0.05) is 11.1 Å². The summed E-state index contributed by atoms with van der Waals surface area (Å²) in [5.74, 6) is 2.25. The van der Waals surface area contributed by atoms with E-state index in [4.69, 9.17) is 10.1 Å². The summed E-state index contributed by atoms with van der Waals surface area (Å²) in [7, 11) is 0. The fourth-order valence-electron chi connectivity index (χ4n) is 5.07. The van der Waals surface area contributed by atoms with Gasteiger partial charge in [-0.05, 0) is 72.2 Å². The largest absolute Gasteiger partial charge is 0.212 e. The molecule has 0 unspecified atom stereocenters. The summed E-state index contributed by atoms with van der Waals surface area (Å²) < 4.78 is 2.10. The van der Waals surface area contributed by atoms with E-state index >= 15 is 0 Å². The highest BCUT2D eigenvalue weighted by Gasteiger charge is 2.23. The Balaban J connectivity index is 1.82. The Morgan fingerprint density at radius 3 is 1.59 bits per heavy atom. The van der Waals surface area contributed by atoms with Gasteiger partial charge in [0.15, 0.2) is 11.6 Å². The predicted molar refractivity (Wildman–Crippen MR) is 155 cm³/mol. The van der Waals surface area contributed by atoms with Crippen LogP contribution in [-0.2, 0) is 0 Å². The highest BCUT2D eigenvalue weighted by atomic mass is 15.4. The van der Waals surface area contributed by atoms with Gasteiger partial charge in [-0.1, -0.05) is 106 Å². The second-order valence-electron chi connectivity index (χ2n) is 10.6. The zero-order chi connectivity index (χ0) is 26.1. The summed E-state index contributed by atoms with van der Waals surface area (Å²) in [5, 5.41) is 5.20. The highest BCUT2D eigenvalue weighted by Crippen LogP contribution is 2.38. The molecule has 0 amide bonds. The zero-order valence-electron chi connectivity index (χ0n) is 22.7. The first-order valence-electron chi connectivity index (χ1n) is 13.2. The molecular formula is C34H35N3. The lowest BCUT2D eigenvalue weighted by molar-refractivity contribution is 0.774. The summed E-state index contributed by atoms with van der Waals surface area (Å²) >= 11 is 0. The lowest BCUT2D eigenvalue weighted by atomic mass is 9.88. The van der Waals surface area contributed by atoms with Gasteiger partial charge in [-0.2, -0.15) is 0 Å². The van der Waals surface area contributed by atoms with Crippen LogP contribution in [0.15, 0.2) is 91.0 Å². The van der Waals surface area contributed by atoms with Gasteiger partial charge in [-0.3, -0.25) is 0 Å². The van der Waals surface area contributed by atoms with Crippen LogP contribution in [0.3, 0.4) is 0 Å². The Morgan fingerprint density at radius 2 is 1.08 bits per heavy atom. The molecule has 0 aliphatic carbocycles. The molecule has 186 valence electrons. The van der Waals surface area contributed by atoms with Crippen molar-refractivity contribution in [3.63, 3.8) is 0 Å². The van der Waals surface area contributed by atoms with Crippen LogP contribution in [0.2, 0.25) is 0 Å². The van der Waals surface area contributed by atoms with Crippen LogP contribution >= 0.6 is 0 Å². The van der Waals surface area contributed by atoms with Crippen LogP contribution in [0, 0.1) is 13.8 Å². The molecule has 0 atom stereocenters. The van der Waals surface area contributed by atoms with Crippen molar-refractivity contribution in [3.8, 4) is 39.6 Å². The Morgan fingerprint density at radius 1 is 0.568 bits per heavy atom. The van der Waals surface area contributed by atoms with Crippen molar-refractivity contribution in [2.75, 3.05) is 0 Å². The Kier molecular flexibility index (Phi) is 6.80. The first-order valence-corrected chi connectivity index (χ1v) is 13.2. The minimum Gasteiger partial charge on any atom is -0.212 e. The molecule has 1 heterocycles. The third-order valence-corrected chi connectivity index (χ3v) is 6.85. The molecule has 0 saturated carbocycles. The molecule has 3 nitrogen and oxygen atoms in total. The third kappa shape index (κ3) is 4.99. The number of aromatic nitrogens is 3. The quantitative estimate of drug-likeness (QED) is 0.240. The number of hydrogen-bond acceptors (Lipinski definition) is 2. The van der Waals surface area contributed by atoms with E-state index in [2.05, 4.69) is 131 Å². The molecule has 0 bridgehead atoms. The van der Waals surface area contributed by atoms with E-state index in [0.29, 0.717) is 11.8 Å². The van der Waals surface area contributed by atoms with E-state index in [1.54, 1.807) is 0 Å². The predicted octanol–water partition coefficient (Wildman–Crippen LogP) is 9.13. The van der Waals surface area contributed by atoms with E-state index in [1.807, 2.05) is 6.07 Å². The molecule has 1 aromatic heterocycles. The van der Waals surface area contributed by atoms with Crippen LogP contribution in [0.25, 0.3) is 39.6 Å². The number of nitrogens with zero attached hydrogens (tertiary/aromatic N) is 3. The normalized spacial score (nSPS) is 11.5. The fraction of sp³-hybridized carbons (Fsp3) is 0.235. The van der Waals surface area contributed by atoms with Gasteiger partial charge in [0.25, 0.3) is 0 Å². The summed E-state index contributed by atoms with van der Waals surface area (Å²) in [6.07, 6.45) is 0. The molecule has 0 aliphatic heterocycles. The monoisotopic (exact) mass is 485 g/mol. The average molecular weight is 486 g/mol. The standard InChI is InChI=1S/C34H35N3/c1-22(2)30-20-28(26-13-9-7-10-14-26)21-31(23(3)4)32(30)37-34(27-15-11-8-12-16-27)35-33(36-37)29-18-24(5)17-25(6)19-29/h7-23H,1-6H3. The summed E-state index contributed by atoms with van der Waals surface area (Å²) in [4.78, 5) is 5.14. The maximum atomic E-state index is 5.20. The fourth-order valence-corrected chi connectivity index (χ4v) is 5.07. The van der Waals surface area contributed by atoms with Crippen molar-refractivity contribution >= 4 is 0 Å². The van der Waals surface area contributed by atoms with E-state index in [9.17, 15) is 0 Å². The third-order valence-electron chi connectivity index (χ3n) is 6.85. The second-order valence-corrected chi connectivity index (χ2v) is 10.6. The number of aryl methyl sites for hydroxylation is 2. The maximum absolute atomic E-state index is 5.20. The molecule has 0 saturated heterocycles. The molecule has 0 aliphatic rings. The van der Waals surface area contributed by atoms with Gasteiger partial charge in [-0.15, -0.1) is 5.10 Å². The Labute approximate surface area is 220 Å². The SMILES string of the molecule is Cc1cc(C)cc(-c2nc(-c3ccccc3)n(-c3c(C(C)C)cc(-c4ccccc4)cc3C(C)C)n2)c1. The summed E-state index contributed by atoms with van der Waals surface area (Å²) in [6, 6.07) is 32.3. The van der Waals surface area contributed by atoms with Crippen LogP contribution in [0.5, 0.6) is 0 Å². The molecule has 0 spiro atoms. The van der Waals surface area contributed by atoms with Crippen LogP contribution in [-0.4, -0.2) is 14.8 Å². The summed E-state index contributed by atoms with van der Waals surface area (Å²) in [6.45, 7) is 13.3. The lowest BCUT2D eigenvalue weighted by Crippen LogP contribution is -2.10. The number of hydrogen-bond donors (Lipinski definition) is 0. The van der Waals surface area contributed by atoms with Crippen molar-refractivity contribution < 1.29 is 0 Å². The maximum Gasteiger partial charge on any atom is 0.182 e. The van der Waals surface area contributed by atoms with Gasteiger partial charge >= 0.3 is 0 Å². The van der Waals surface area contributed by atoms with E-state index in [0.717, 1.165) is 28.5 Å². The highest BCUT2D eigenvalue weighted by molar-refractivity contribution is 5.72. The molecule has 5 aromatic rings. The molecule has 3 heteroatoms. The van der Waals surface area contributed by atoms with E-state index in [-0.39, 0.29) is 0 Å². The van der Waals surface area contributed by atoms with Crippen molar-refractivity contribution in [1.82, 2.24) is 14.8 Å². The first-order chi connectivity index (χ1) is 17.8. The molecule has 0 radical (unpaired) electrons. The minimum absolute atomic E-state index is 0.314. The Hall–Kier alpha value is -3.98. The van der Waals surface area contributed by atoms with Gasteiger partial charge < -0.3 is 0 Å². The van der Waals surface area contributed by atoms with Crippen molar-refractivity contribution in [2.45, 2.75) is 53.4 Å². The number of benzene rings is 4. The topological polar surface area (TPSA) is 30.7 Å². The molecule has 0 N–H and O–H groups in total. The zero-order valence-corrected chi connectivity index (χ0v) is 22.7. The van der Waals surface area contributed by atoms with Gasteiger partial charge in [0.2, 0.25) is 0 Å². The van der Waals surface area contributed by atoms with Crippen molar-refractivity contribution in [3.05, 3.63) is 113 Å². The van der Waals surface area contributed by atoms with Crippen molar-refractivity contribution in [1.29, 1.82) is 0 Å². The first kappa shape index (κ1) is 24.7. The van der Waals surface area contributed by atoms with E-state index < -0.39 is 0 Å². The molecule has 0 fully saturated rings. The molecule has 37 heavy (non-hydrogen) atoms. The summed E-state index contributed by atoms with van der Waals surface area (Å²) in [5.41, 5.74) is 10.7. The lowest BCUT2D eigenvalue weighted by Gasteiger charge is -2.22. The smallest absolute Gasteiger partial charge is 0.182 e. The van der Waals surface area contributed by atoms with Crippen LogP contribution in [0.1, 0.15) is 61.8 Å². The molecule has 4 aromatic carbocycles. The Bertz CT molecular complexity index is 1480. The molecule has 5 rings (SSSR count). The van der Waals surface area contributed by atoms with Gasteiger partial charge in [-0.25, -0.2) is 9.67 Å². The van der Waals surface area contributed by atoms with Crippen LogP contribution in [0.4, 0.5) is 0 Å². The minimum atomic E-state index is 0.314. The van der Waals surface area contributed by atoms with Gasteiger partial charge in [0.1, 0.15) is 0 Å². The van der Waals surface area contributed by atoms with Crippen molar-refractivity contribution in [2.24, 2.45) is 0 Å². The number of rotatable bonds is 6.